The number of thiophene rings is 1. The van der Waals surface area contributed by atoms with E-state index in [0.29, 0.717) is 30.5 Å². The van der Waals surface area contributed by atoms with Crippen LogP contribution in [0, 0.1) is 0 Å². The smallest absolute Gasteiger partial charge is 0.322 e. The van der Waals surface area contributed by atoms with Crippen molar-refractivity contribution in [2.75, 3.05) is 12.4 Å². The van der Waals surface area contributed by atoms with Crippen molar-refractivity contribution >= 4 is 29.1 Å². The van der Waals surface area contributed by atoms with Gasteiger partial charge in [-0.25, -0.2) is 0 Å². The molecule has 0 spiro atoms. The number of aromatic nitrogens is 2. The molecule has 1 unspecified atom stereocenters. The summed E-state index contributed by atoms with van der Waals surface area (Å²) in [5.74, 6) is 2.21. The molecular formula is C13H17N3O3S2. The third kappa shape index (κ3) is 4.83. The molecule has 0 aliphatic rings. The van der Waals surface area contributed by atoms with Gasteiger partial charge in [-0.2, -0.15) is 16.7 Å². The number of hydrogen-bond acceptors (Lipinski definition) is 8. The van der Waals surface area contributed by atoms with E-state index >= 15 is 0 Å². The summed E-state index contributed by atoms with van der Waals surface area (Å²) in [7, 11) is 0. The van der Waals surface area contributed by atoms with Crippen LogP contribution in [0.4, 0.5) is 0 Å². The summed E-state index contributed by atoms with van der Waals surface area (Å²) in [4.78, 5) is 16.6. The van der Waals surface area contributed by atoms with Gasteiger partial charge in [0, 0.05) is 0 Å². The largest absolute Gasteiger partial charge is 0.465 e. The summed E-state index contributed by atoms with van der Waals surface area (Å²) in [5.41, 5.74) is 5.71. The molecule has 0 radical (unpaired) electrons. The van der Waals surface area contributed by atoms with Gasteiger partial charge in [0.1, 0.15) is 6.04 Å². The third-order valence-corrected chi connectivity index (χ3v) is 4.44. The maximum absolute atomic E-state index is 11.3. The zero-order valence-electron chi connectivity index (χ0n) is 11.7. The Morgan fingerprint density at radius 2 is 2.48 bits per heavy atom. The summed E-state index contributed by atoms with van der Waals surface area (Å²) < 4.78 is 10.0. The van der Waals surface area contributed by atoms with Crippen LogP contribution in [0.25, 0.3) is 10.8 Å². The molecule has 1 atom stereocenters. The van der Waals surface area contributed by atoms with Gasteiger partial charge in [-0.1, -0.05) is 11.2 Å². The van der Waals surface area contributed by atoms with E-state index in [9.17, 15) is 4.79 Å². The molecule has 0 aromatic carbocycles. The lowest BCUT2D eigenvalue weighted by Gasteiger charge is -2.09. The first-order chi connectivity index (χ1) is 10.2. The summed E-state index contributed by atoms with van der Waals surface area (Å²) >= 11 is 3.17. The van der Waals surface area contributed by atoms with Gasteiger partial charge in [-0.3, -0.25) is 4.79 Å². The zero-order chi connectivity index (χ0) is 15.1. The number of carbonyl (C=O) groups is 1. The van der Waals surface area contributed by atoms with E-state index in [0.717, 1.165) is 10.6 Å². The van der Waals surface area contributed by atoms with Crippen LogP contribution < -0.4 is 5.73 Å². The fourth-order valence-electron chi connectivity index (χ4n) is 1.55. The summed E-state index contributed by atoms with van der Waals surface area (Å²) in [6, 6.07) is 3.31. The quantitative estimate of drug-likeness (QED) is 0.587. The fourth-order valence-corrected chi connectivity index (χ4v) is 3.06. The van der Waals surface area contributed by atoms with Crippen molar-refractivity contribution < 1.29 is 14.1 Å². The van der Waals surface area contributed by atoms with E-state index in [1.54, 1.807) is 30.0 Å². The molecule has 0 saturated heterocycles. The van der Waals surface area contributed by atoms with Gasteiger partial charge in [0.25, 0.3) is 5.89 Å². The number of carbonyl (C=O) groups excluding carboxylic acids is 1. The molecule has 0 aliphatic carbocycles. The van der Waals surface area contributed by atoms with Crippen LogP contribution in [0.3, 0.4) is 0 Å². The fraction of sp³-hybridized carbons (Fsp3) is 0.462. The zero-order valence-corrected chi connectivity index (χ0v) is 13.3. The van der Waals surface area contributed by atoms with Gasteiger partial charge in [0.2, 0.25) is 0 Å². The van der Waals surface area contributed by atoms with Crippen molar-refractivity contribution in [3.63, 3.8) is 0 Å². The van der Waals surface area contributed by atoms with Crippen LogP contribution in [-0.2, 0) is 15.3 Å². The summed E-state index contributed by atoms with van der Waals surface area (Å²) in [6.07, 6.45) is 0.569. The first-order valence-electron chi connectivity index (χ1n) is 6.57. The highest BCUT2D eigenvalue weighted by molar-refractivity contribution is 7.98. The summed E-state index contributed by atoms with van der Waals surface area (Å²) in [6.45, 7) is 2.12. The Hall–Kier alpha value is -1.38. The van der Waals surface area contributed by atoms with Gasteiger partial charge in [-0.05, 0) is 30.5 Å². The monoisotopic (exact) mass is 327 g/mol. The minimum Gasteiger partial charge on any atom is -0.465 e. The van der Waals surface area contributed by atoms with Gasteiger partial charge >= 0.3 is 5.97 Å². The Morgan fingerprint density at radius 1 is 1.62 bits per heavy atom. The molecule has 0 aliphatic heterocycles. The Kier molecular flexibility index (Phi) is 6.21. The van der Waals surface area contributed by atoms with Gasteiger partial charge < -0.3 is 15.0 Å². The second kappa shape index (κ2) is 8.16. The molecule has 114 valence electrons. The molecule has 2 aromatic heterocycles. The lowest BCUT2D eigenvalue weighted by molar-refractivity contribution is -0.144. The average Bonchev–Trinajstić information content (AvgIpc) is 3.14. The number of esters is 1. The highest BCUT2D eigenvalue weighted by Gasteiger charge is 2.14. The highest BCUT2D eigenvalue weighted by Crippen LogP contribution is 2.23. The maximum Gasteiger partial charge on any atom is 0.322 e. The number of nitrogens with two attached hydrogens (primary N) is 1. The van der Waals surface area contributed by atoms with E-state index in [2.05, 4.69) is 10.1 Å². The van der Waals surface area contributed by atoms with Crippen molar-refractivity contribution in [3.05, 3.63) is 23.3 Å². The predicted octanol–water partition coefficient (Wildman–Crippen LogP) is 2.31. The average molecular weight is 327 g/mol. The van der Waals surface area contributed by atoms with E-state index in [1.807, 2.05) is 17.5 Å². The molecule has 2 aromatic rings. The van der Waals surface area contributed by atoms with Crippen molar-refractivity contribution in [2.24, 2.45) is 5.73 Å². The molecule has 6 nitrogen and oxygen atoms in total. The number of thioether (sulfide) groups is 1. The van der Waals surface area contributed by atoms with Crippen LogP contribution in [0.1, 0.15) is 19.2 Å². The maximum atomic E-state index is 11.3. The van der Waals surface area contributed by atoms with Crippen LogP contribution in [0.5, 0.6) is 0 Å². The molecule has 0 amide bonds. The number of ether oxygens (including phenoxy) is 1. The lowest BCUT2D eigenvalue weighted by atomic mass is 10.2. The van der Waals surface area contributed by atoms with Gasteiger partial charge in [-0.15, -0.1) is 11.3 Å². The van der Waals surface area contributed by atoms with Crippen molar-refractivity contribution in [1.29, 1.82) is 0 Å². The number of rotatable bonds is 8. The molecule has 21 heavy (non-hydrogen) atoms. The second-order valence-corrected chi connectivity index (χ2v) is 6.25. The topological polar surface area (TPSA) is 91.2 Å². The summed E-state index contributed by atoms with van der Waals surface area (Å²) in [5, 5.41) is 5.89. The minimum atomic E-state index is -0.565. The van der Waals surface area contributed by atoms with E-state index in [1.165, 1.54) is 0 Å². The Morgan fingerprint density at radius 3 is 3.19 bits per heavy atom. The third-order valence-electron chi connectivity index (χ3n) is 2.59. The SMILES string of the molecule is CCOC(=O)C(N)CCSCc1noc(-c2cccs2)n1. The lowest BCUT2D eigenvalue weighted by Crippen LogP contribution is -2.32. The Balaban J connectivity index is 1.71. The standard InChI is InChI=1S/C13H17N3O3S2/c1-2-18-13(17)9(14)5-7-20-8-11-15-12(19-16-11)10-4-3-6-21-10/h3-4,6,9H,2,5,7-8,14H2,1H3. The Bertz CT molecular complexity index is 557. The molecule has 0 bridgehead atoms. The Labute approximate surface area is 131 Å². The number of nitrogens with zero attached hydrogens (tertiary/aromatic N) is 2. The van der Waals surface area contributed by atoms with Crippen molar-refractivity contribution in [3.8, 4) is 10.8 Å². The van der Waals surface area contributed by atoms with E-state index in [-0.39, 0.29) is 5.97 Å². The van der Waals surface area contributed by atoms with E-state index in [4.69, 9.17) is 15.0 Å². The molecule has 2 N–H and O–H groups in total. The molecule has 2 rings (SSSR count). The van der Waals surface area contributed by atoms with Crippen molar-refractivity contribution in [2.45, 2.75) is 25.1 Å². The van der Waals surface area contributed by atoms with Crippen LogP contribution in [0.15, 0.2) is 22.0 Å². The minimum absolute atomic E-state index is 0.349. The second-order valence-electron chi connectivity index (χ2n) is 4.19. The van der Waals surface area contributed by atoms with E-state index < -0.39 is 6.04 Å². The van der Waals surface area contributed by atoms with Crippen LogP contribution >= 0.6 is 23.1 Å². The predicted molar refractivity (Wildman–Crippen MR) is 83.0 cm³/mol. The molecule has 0 saturated carbocycles. The molecular weight excluding hydrogens is 310 g/mol. The van der Waals surface area contributed by atoms with Crippen molar-refractivity contribution in [1.82, 2.24) is 10.1 Å². The van der Waals surface area contributed by atoms with Gasteiger partial charge in [0.15, 0.2) is 5.82 Å². The normalized spacial score (nSPS) is 12.3. The van der Waals surface area contributed by atoms with Crippen LogP contribution in [-0.4, -0.2) is 34.5 Å². The first-order valence-corrected chi connectivity index (χ1v) is 8.60. The first kappa shape index (κ1) is 16.0. The molecule has 0 fully saturated rings. The number of hydrogen-bond donors (Lipinski definition) is 1. The van der Waals surface area contributed by atoms with Crippen LogP contribution in [0.2, 0.25) is 0 Å². The highest BCUT2D eigenvalue weighted by atomic mass is 32.2. The molecule has 2 heterocycles. The van der Waals surface area contributed by atoms with Gasteiger partial charge in [0.05, 0.1) is 17.2 Å². The molecule has 8 heteroatoms.